The van der Waals surface area contributed by atoms with Gasteiger partial charge in [-0.25, -0.2) is 14.4 Å². The molecule has 1 N–H and O–H groups in total. The van der Waals surface area contributed by atoms with Gasteiger partial charge in [-0.2, -0.15) is 0 Å². The van der Waals surface area contributed by atoms with Crippen LogP contribution in [0.3, 0.4) is 0 Å². The van der Waals surface area contributed by atoms with E-state index < -0.39 is 0 Å². The number of hydrogen-bond donors (Lipinski definition) is 1. The molecule has 4 rings (SSSR count). The van der Waals surface area contributed by atoms with Crippen molar-refractivity contribution in [3.63, 3.8) is 0 Å². The van der Waals surface area contributed by atoms with Crippen LogP contribution in [-0.2, 0) is 0 Å². The molecule has 0 spiro atoms. The number of hydrogen-bond acceptors (Lipinski definition) is 5. The molecule has 0 aliphatic rings. The number of pyridine rings is 1. The Balaban J connectivity index is 1.98. The maximum Gasteiger partial charge on any atom is 0.180 e. The summed E-state index contributed by atoms with van der Waals surface area (Å²) >= 11 is 0. The second-order valence-corrected chi connectivity index (χ2v) is 6.17. The third-order valence-electron chi connectivity index (χ3n) is 4.35. The lowest BCUT2D eigenvalue weighted by Gasteiger charge is -2.14. The van der Waals surface area contributed by atoms with E-state index in [1.165, 1.54) is 12.1 Å². The third kappa shape index (κ3) is 3.36. The first-order chi connectivity index (χ1) is 13.7. The molecule has 2 heterocycles. The molecule has 4 aromatic rings. The largest absolute Gasteiger partial charge is 0.492 e. The summed E-state index contributed by atoms with van der Waals surface area (Å²) in [5.74, 6) is 1.50. The number of ether oxygens (including phenoxy) is 1. The molecular formula is C22H19FN4O. The fraction of sp³-hybridized carbons (Fsp3) is 0.136. The highest BCUT2D eigenvalue weighted by molar-refractivity contribution is 5.97. The first-order valence-corrected chi connectivity index (χ1v) is 9.03. The van der Waals surface area contributed by atoms with E-state index in [2.05, 4.69) is 15.3 Å². The van der Waals surface area contributed by atoms with Gasteiger partial charge in [-0.3, -0.25) is 4.98 Å². The number of benzene rings is 2. The van der Waals surface area contributed by atoms with Gasteiger partial charge in [0.25, 0.3) is 0 Å². The van der Waals surface area contributed by atoms with Crippen molar-refractivity contribution in [3.05, 3.63) is 66.6 Å². The van der Waals surface area contributed by atoms with Crippen molar-refractivity contribution in [1.82, 2.24) is 15.0 Å². The van der Waals surface area contributed by atoms with Crippen molar-refractivity contribution in [2.45, 2.75) is 6.92 Å². The summed E-state index contributed by atoms with van der Waals surface area (Å²) in [4.78, 5) is 13.7. The minimum Gasteiger partial charge on any atom is -0.492 e. The molecule has 0 saturated carbocycles. The van der Waals surface area contributed by atoms with Gasteiger partial charge in [0.15, 0.2) is 5.82 Å². The average Bonchev–Trinajstić information content (AvgIpc) is 2.73. The predicted molar refractivity (Wildman–Crippen MR) is 109 cm³/mol. The zero-order valence-corrected chi connectivity index (χ0v) is 15.6. The van der Waals surface area contributed by atoms with Crippen molar-refractivity contribution in [2.75, 3.05) is 19.0 Å². The maximum absolute atomic E-state index is 13.7. The Morgan fingerprint density at radius 3 is 2.61 bits per heavy atom. The number of aromatic nitrogens is 3. The van der Waals surface area contributed by atoms with Gasteiger partial charge in [-0.15, -0.1) is 0 Å². The zero-order valence-electron chi connectivity index (χ0n) is 15.6. The van der Waals surface area contributed by atoms with E-state index in [1.807, 2.05) is 43.3 Å². The Morgan fingerprint density at radius 1 is 1.00 bits per heavy atom. The number of rotatable bonds is 5. The Kier molecular flexibility index (Phi) is 4.85. The normalized spacial score (nSPS) is 10.8. The minimum absolute atomic E-state index is 0.286. The highest BCUT2D eigenvalue weighted by Gasteiger charge is 2.15. The fourth-order valence-corrected chi connectivity index (χ4v) is 3.10. The first-order valence-electron chi connectivity index (χ1n) is 9.03. The Labute approximate surface area is 162 Å². The third-order valence-corrected chi connectivity index (χ3v) is 4.35. The number of nitrogens with zero attached hydrogens (tertiary/aromatic N) is 3. The fourth-order valence-electron chi connectivity index (χ4n) is 3.10. The molecule has 140 valence electrons. The SMILES string of the molecule is CCOc1cc(-c2cccc(F)c2)cc2c(NC)nc(-c3ccccn3)nc12. The topological polar surface area (TPSA) is 59.9 Å². The first kappa shape index (κ1) is 17.9. The molecule has 6 heteroatoms. The highest BCUT2D eigenvalue weighted by Crippen LogP contribution is 2.35. The summed E-state index contributed by atoms with van der Waals surface area (Å²) in [7, 11) is 1.80. The lowest BCUT2D eigenvalue weighted by molar-refractivity contribution is 0.344. The van der Waals surface area contributed by atoms with Gasteiger partial charge >= 0.3 is 0 Å². The molecule has 0 amide bonds. The lowest BCUT2D eigenvalue weighted by atomic mass is 10.0. The van der Waals surface area contributed by atoms with Gasteiger partial charge in [0, 0.05) is 18.6 Å². The summed E-state index contributed by atoms with van der Waals surface area (Å²) in [6.45, 7) is 2.40. The molecule has 0 radical (unpaired) electrons. The number of anilines is 1. The number of fused-ring (bicyclic) bond motifs is 1. The average molecular weight is 374 g/mol. The van der Waals surface area contributed by atoms with Crippen molar-refractivity contribution in [2.24, 2.45) is 0 Å². The minimum atomic E-state index is -0.286. The molecule has 0 unspecified atom stereocenters. The van der Waals surface area contributed by atoms with Crippen LogP contribution in [0.4, 0.5) is 10.2 Å². The van der Waals surface area contributed by atoms with Gasteiger partial charge in [-0.1, -0.05) is 18.2 Å². The van der Waals surface area contributed by atoms with Gasteiger partial charge in [0.2, 0.25) is 0 Å². The van der Waals surface area contributed by atoms with Crippen LogP contribution in [0.15, 0.2) is 60.8 Å². The van der Waals surface area contributed by atoms with Gasteiger partial charge in [0.05, 0.1) is 6.61 Å². The van der Waals surface area contributed by atoms with Gasteiger partial charge in [0.1, 0.15) is 28.6 Å². The summed E-state index contributed by atoms with van der Waals surface area (Å²) in [5.41, 5.74) is 2.96. The molecule has 28 heavy (non-hydrogen) atoms. The summed E-state index contributed by atoms with van der Waals surface area (Å²) in [6, 6.07) is 15.9. The zero-order chi connectivity index (χ0) is 19.5. The quantitative estimate of drug-likeness (QED) is 0.536. The van der Waals surface area contributed by atoms with Crippen molar-refractivity contribution >= 4 is 16.7 Å². The Bertz CT molecular complexity index is 1130. The van der Waals surface area contributed by atoms with Crippen LogP contribution < -0.4 is 10.1 Å². The Hall–Kier alpha value is -3.54. The molecule has 0 saturated heterocycles. The molecule has 5 nitrogen and oxygen atoms in total. The number of halogens is 1. The van der Waals surface area contributed by atoms with E-state index in [-0.39, 0.29) is 5.82 Å². The highest BCUT2D eigenvalue weighted by atomic mass is 19.1. The monoisotopic (exact) mass is 374 g/mol. The predicted octanol–water partition coefficient (Wildman–Crippen LogP) is 4.94. The molecule has 0 aliphatic carbocycles. The molecule has 2 aromatic heterocycles. The van der Waals surface area contributed by atoms with E-state index in [9.17, 15) is 4.39 Å². The van der Waals surface area contributed by atoms with Gasteiger partial charge < -0.3 is 10.1 Å². The van der Waals surface area contributed by atoms with Crippen LogP contribution in [0.25, 0.3) is 33.5 Å². The van der Waals surface area contributed by atoms with Crippen molar-refractivity contribution in [1.29, 1.82) is 0 Å². The van der Waals surface area contributed by atoms with Crippen LogP contribution in [0.1, 0.15) is 6.92 Å². The molecule has 0 bridgehead atoms. The van der Waals surface area contributed by atoms with Crippen molar-refractivity contribution in [3.8, 4) is 28.4 Å². The van der Waals surface area contributed by atoms with E-state index in [0.717, 1.165) is 16.5 Å². The molecule has 2 aromatic carbocycles. The molecular weight excluding hydrogens is 355 g/mol. The second kappa shape index (κ2) is 7.60. The standard InChI is InChI=1S/C22H19FN4O/c1-3-28-19-13-15(14-7-6-8-16(23)11-14)12-17-20(19)26-22(27-21(17)24-2)18-9-4-5-10-25-18/h4-13H,3H2,1-2H3,(H,24,26,27). The van der Waals surface area contributed by atoms with E-state index in [0.29, 0.717) is 35.2 Å². The van der Waals surface area contributed by atoms with E-state index in [1.54, 1.807) is 19.3 Å². The van der Waals surface area contributed by atoms with Crippen LogP contribution >= 0.6 is 0 Å². The summed E-state index contributed by atoms with van der Waals surface area (Å²) < 4.78 is 19.6. The summed E-state index contributed by atoms with van der Waals surface area (Å²) in [5, 5.41) is 3.93. The summed E-state index contributed by atoms with van der Waals surface area (Å²) in [6.07, 6.45) is 1.71. The Morgan fingerprint density at radius 2 is 1.89 bits per heavy atom. The lowest BCUT2D eigenvalue weighted by Crippen LogP contribution is -2.02. The number of nitrogens with one attached hydrogen (secondary N) is 1. The molecule has 0 aliphatic heterocycles. The van der Waals surface area contributed by atoms with Crippen LogP contribution in [0.5, 0.6) is 5.75 Å². The van der Waals surface area contributed by atoms with Crippen LogP contribution in [0, 0.1) is 5.82 Å². The smallest absolute Gasteiger partial charge is 0.180 e. The van der Waals surface area contributed by atoms with Crippen LogP contribution in [-0.4, -0.2) is 28.6 Å². The van der Waals surface area contributed by atoms with Crippen LogP contribution in [0.2, 0.25) is 0 Å². The molecule has 0 fully saturated rings. The van der Waals surface area contributed by atoms with E-state index >= 15 is 0 Å². The van der Waals surface area contributed by atoms with Crippen molar-refractivity contribution < 1.29 is 9.13 Å². The molecule has 0 atom stereocenters. The second-order valence-electron chi connectivity index (χ2n) is 6.17. The van der Waals surface area contributed by atoms with E-state index in [4.69, 9.17) is 9.72 Å². The maximum atomic E-state index is 13.7. The van der Waals surface area contributed by atoms with Gasteiger partial charge in [-0.05, 0) is 54.4 Å².